The number of benzene rings is 1. The van der Waals surface area contributed by atoms with Crippen LogP contribution in [-0.4, -0.2) is 29.1 Å². The highest BCUT2D eigenvalue weighted by Crippen LogP contribution is 2.29. The summed E-state index contributed by atoms with van der Waals surface area (Å²) >= 11 is 3.48. The minimum atomic E-state index is -0.223. The number of aromatic nitrogens is 1. The minimum Gasteiger partial charge on any atom is -0.450 e. The number of hydrogen-bond donors (Lipinski definition) is 1. The molecule has 2 aromatic rings. The van der Waals surface area contributed by atoms with Crippen molar-refractivity contribution in [3.05, 3.63) is 33.9 Å². The lowest BCUT2D eigenvalue weighted by Gasteiger charge is -2.26. The summed E-state index contributed by atoms with van der Waals surface area (Å²) in [6.45, 7) is 3.58. The van der Waals surface area contributed by atoms with Crippen molar-refractivity contribution in [2.75, 3.05) is 13.2 Å². The maximum Gasteiger partial charge on any atom is 0.410 e. The number of rotatable bonds is 1. The van der Waals surface area contributed by atoms with E-state index in [4.69, 9.17) is 4.74 Å². The van der Waals surface area contributed by atoms with Gasteiger partial charge in [-0.1, -0.05) is 22.0 Å². The van der Waals surface area contributed by atoms with Crippen molar-refractivity contribution in [3.63, 3.8) is 0 Å². The summed E-state index contributed by atoms with van der Waals surface area (Å²) in [6, 6.07) is 6.19. The van der Waals surface area contributed by atoms with Gasteiger partial charge in [-0.25, -0.2) is 4.79 Å². The monoisotopic (exact) mass is 322 g/mol. The van der Waals surface area contributed by atoms with Crippen LogP contribution in [-0.2, 0) is 17.7 Å². The van der Waals surface area contributed by atoms with Crippen molar-refractivity contribution in [2.45, 2.75) is 19.9 Å². The molecule has 1 N–H and O–H groups in total. The van der Waals surface area contributed by atoms with Crippen molar-refractivity contribution < 1.29 is 9.53 Å². The summed E-state index contributed by atoms with van der Waals surface area (Å²) < 4.78 is 6.13. The molecule has 0 radical (unpaired) electrons. The maximum atomic E-state index is 11.8. The number of hydrogen-bond acceptors (Lipinski definition) is 2. The molecule has 1 aromatic carbocycles. The molecule has 1 aliphatic heterocycles. The Kier molecular flexibility index (Phi) is 3.22. The van der Waals surface area contributed by atoms with Gasteiger partial charge in [0, 0.05) is 39.6 Å². The number of amides is 1. The van der Waals surface area contributed by atoms with E-state index in [-0.39, 0.29) is 6.09 Å². The SMILES string of the molecule is CCOC(=O)N1CCc2[nH]c3cc(Br)ccc3c2C1. The van der Waals surface area contributed by atoms with Crippen LogP contribution in [0.15, 0.2) is 22.7 Å². The molecule has 1 amide bonds. The molecule has 0 fully saturated rings. The van der Waals surface area contributed by atoms with Gasteiger partial charge in [-0.2, -0.15) is 0 Å². The zero-order chi connectivity index (χ0) is 13.4. The van der Waals surface area contributed by atoms with Crippen LogP contribution in [0.25, 0.3) is 10.9 Å². The van der Waals surface area contributed by atoms with Gasteiger partial charge in [0.2, 0.25) is 0 Å². The fourth-order valence-electron chi connectivity index (χ4n) is 2.56. The quantitative estimate of drug-likeness (QED) is 0.874. The summed E-state index contributed by atoms with van der Waals surface area (Å²) in [5.41, 5.74) is 3.56. The van der Waals surface area contributed by atoms with Crippen molar-refractivity contribution >= 4 is 32.9 Å². The second-order valence-electron chi connectivity index (χ2n) is 4.64. The zero-order valence-electron chi connectivity index (χ0n) is 10.7. The Labute approximate surface area is 119 Å². The fraction of sp³-hybridized carbons (Fsp3) is 0.357. The van der Waals surface area contributed by atoms with Gasteiger partial charge in [0.05, 0.1) is 13.2 Å². The third-order valence-corrected chi connectivity index (χ3v) is 3.96. The highest BCUT2D eigenvalue weighted by Gasteiger charge is 2.24. The van der Waals surface area contributed by atoms with Gasteiger partial charge in [-0.15, -0.1) is 0 Å². The van der Waals surface area contributed by atoms with E-state index in [0.29, 0.717) is 19.7 Å². The topological polar surface area (TPSA) is 45.3 Å². The third-order valence-electron chi connectivity index (χ3n) is 3.46. The first-order valence-corrected chi connectivity index (χ1v) is 7.19. The summed E-state index contributed by atoms with van der Waals surface area (Å²) in [5.74, 6) is 0. The van der Waals surface area contributed by atoms with Crippen LogP contribution < -0.4 is 0 Å². The number of halogens is 1. The molecule has 0 saturated heterocycles. The molecule has 5 heteroatoms. The summed E-state index contributed by atoms with van der Waals surface area (Å²) in [5, 5.41) is 1.19. The van der Waals surface area contributed by atoms with E-state index in [0.717, 1.165) is 16.4 Å². The first kappa shape index (κ1) is 12.5. The number of aromatic amines is 1. The van der Waals surface area contributed by atoms with Gasteiger partial charge in [0.1, 0.15) is 0 Å². The van der Waals surface area contributed by atoms with Crippen LogP contribution >= 0.6 is 15.9 Å². The number of H-pyrrole nitrogens is 1. The van der Waals surface area contributed by atoms with E-state index in [1.54, 1.807) is 4.90 Å². The number of nitrogens with one attached hydrogen (secondary N) is 1. The van der Waals surface area contributed by atoms with E-state index in [1.165, 1.54) is 16.6 Å². The Hall–Kier alpha value is -1.49. The average molecular weight is 323 g/mol. The highest BCUT2D eigenvalue weighted by molar-refractivity contribution is 9.10. The second kappa shape index (κ2) is 4.89. The molecule has 4 nitrogen and oxygen atoms in total. The van der Waals surface area contributed by atoms with E-state index in [9.17, 15) is 4.79 Å². The highest BCUT2D eigenvalue weighted by atomic mass is 79.9. The van der Waals surface area contributed by atoms with Crippen LogP contribution in [0.1, 0.15) is 18.2 Å². The maximum absolute atomic E-state index is 11.8. The molecule has 0 unspecified atom stereocenters. The predicted octanol–water partition coefficient (Wildman–Crippen LogP) is 3.45. The Bertz CT molecular complexity index is 636. The largest absolute Gasteiger partial charge is 0.450 e. The molecule has 19 heavy (non-hydrogen) atoms. The van der Waals surface area contributed by atoms with E-state index in [1.807, 2.05) is 13.0 Å². The standard InChI is InChI=1S/C14H15BrN2O2/c1-2-19-14(18)17-6-5-12-11(8-17)10-4-3-9(15)7-13(10)16-12/h3-4,7,16H,2,5-6,8H2,1H3. The second-order valence-corrected chi connectivity index (χ2v) is 5.56. The normalized spacial score (nSPS) is 14.5. The molecule has 0 aliphatic carbocycles. The van der Waals surface area contributed by atoms with Crippen LogP contribution in [0.3, 0.4) is 0 Å². The van der Waals surface area contributed by atoms with Crippen LogP contribution in [0, 0.1) is 0 Å². The van der Waals surface area contributed by atoms with E-state index >= 15 is 0 Å². The van der Waals surface area contributed by atoms with Crippen molar-refractivity contribution in [2.24, 2.45) is 0 Å². The van der Waals surface area contributed by atoms with Gasteiger partial charge in [0.15, 0.2) is 0 Å². The molecular formula is C14H15BrN2O2. The summed E-state index contributed by atoms with van der Waals surface area (Å²) in [7, 11) is 0. The molecule has 100 valence electrons. The molecule has 0 spiro atoms. The Morgan fingerprint density at radius 2 is 2.37 bits per heavy atom. The Morgan fingerprint density at radius 3 is 3.16 bits per heavy atom. The minimum absolute atomic E-state index is 0.223. The predicted molar refractivity (Wildman–Crippen MR) is 77.1 cm³/mol. The lowest BCUT2D eigenvalue weighted by molar-refractivity contribution is 0.103. The lowest BCUT2D eigenvalue weighted by Crippen LogP contribution is -2.36. The number of carbonyl (C=O) groups is 1. The zero-order valence-corrected chi connectivity index (χ0v) is 12.3. The lowest BCUT2D eigenvalue weighted by atomic mass is 10.1. The van der Waals surface area contributed by atoms with Gasteiger partial charge in [-0.3, -0.25) is 0 Å². The average Bonchev–Trinajstić information content (AvgIpc) is 2.75. The molecule has 1 aliphatic rings. The van der Waals surface area contributed by atoms with E-state index in [2.05, 4.69) is 33.0 Å². The molecule has 0 atom stereocenters. The van der Waals surface area contributed by atoms with Crippen molar-refractivity contribution in [3.8, 4) is 0 Å². The third kappa shape index (κ3) is 2.23. The number of carbonyl (C=O) groups excluding carboxylic acids is 1. The van der Waals surface area contributed by atoms with Crippen LogP contribution in [0.5, 0.6) is 0 Å². The molecular weight excluding hydrogens is 308 g/mol. The van der Waals surface area contributed by atoms with Gasteiger partial charge < -0.3 is 14.6 Å². The van der Waals surface area contributed by atoms with E-state index < -0.39 is 0 Å². The van der Waals surface area contributed by atoms with Crippen molar-refractivity contribution in [1.82, 2.24) is 9.88 Å². The van der Waals surface area contributed by atoms with Crippen LogP contribution in [0.2, 0.25) is 0 Å². The molecule has 3 rings (SSSR count). The Morgan fingerprint density at radius 1 is 1.53 bits per heavy atom. The molecule has 2 heterocycles. The molecule has 0 saturated carbocycles. The molecule has 0 bridgehead atoms. The van der Waals surface area contributed by atoms with Crippen molar-refractivity contribution in [1.29, 1.82) is 0 Å². The first-order valence-electron chi connectivity index (χ1n) is 6.39. The van der Waals surface area contributed by atoms with Gasteiger partial charge >= 0.3 is 6.09 Å². The number of fused-ring (bicyclic) bond motifs is 3. The first-order chi connectivity index (χ1) is 9.19. The van der Waals surface area contributed by atoms with Crippen LogP contribution in [0.4, 0.5) is 4.79 Å². The summed E-state index contributed by atoms with van der Waals surface area (Å²) in [4.78, 5) is 17.0. The molecule has 1 aromatic heterocycles. The fourth-order valence-corrected chi connectivity index (χ4v) is 2.93. The number of nitrogens with zero attached hydrogens (tertiary/aromatic N) is 1. The van der Waals surface area contributed by atoms with Gasteiger partial charge in [-0.05, 0) is 19.1 Å². The number of ether oxygens (including phenoxy) is 1. The smallest absolute Gasteiger partial charge is 0.410 e. The Balaban J connectivity index is 1.95. The summed E-state index contributed by atoms with van der Waals surface area (Å²) in [6.07, 6.45) is 0.625. The van der Waals surface area contributed by atoms with Gasteiger partial charge in [0.25, 0.3) is 0 Å².